The zero-order valence-corrected chi connectivity index (χ0v) is 23.9. The first kappa shape index (κ1) is 27.9. The molecule has 1 spiro atoms. The Labute approximate surface area is 241 Å². The maximum Gasteiger partial charge on any atom is 0.412 e. The fourth-order valence-electron chi connectivity index (χ4n) is 5.46. The van der Waals surface area contributed by atoms with Gasteiger partial charge in [-0.15, -0.1) is 11.3 Å². The SMILES string of the molecule is Cc1csc(CNC(=O)C(CCCN2CCC3(CC2)OC(=O)Nc2ccc(F)cc23)c2ccc(Cl)c(Cl)c2)c1. The van der Waals surface area contributed by atoms with Crippen molar-refractivity contribution in [2.45, 2.75) is 50.7 Å². The lowest BCUT2D eigenvalue weighted by molar-refractivity contribution is -0.122. The third-order valence-corrected chi connectivity index (χ3v) is 9.31. The zero-order chi connectivity index (χ0) is 27.6. The molecule has 2 aromatic carbocycles. The molecule has 0 bridgehead atoms. The van der Waals surface area contributed by atoms with E-state index in [1.165, 1.54) is 17.7 Å². The molecule has 1 unspecified atom stereocenters. The van der Waals surface area contributed by atoms with Gasteiger partial charge in [-0.2, -0.15) is 0 Å². The van der Waals surface area contributed by atoms with Crippen molar-refractivity contribution in [3.8, 4) is 0 Å². The standard InChI is InChI=1S/C29H30Cl2FN3O3S/c1-18-13-21(39-17-18)16-33-27(36)22(19-4-6-24(30)25(31)14-19)3-2-10-35-11-8-29(9-12-35)23-15-20(32)5-7-26(23)34-28(37)38-29/h4-7,13-15,17,22H,2-3,8-12,16H2,1H3,(H,33,36)(H,34,37). The number of nitrogens with zero attached hydrogens (tertiary/aromatic N) is 1. The van der Waals surface area contributed by atoms with Crippen LogP contribution in [0.15, 0.2) is 47.8 Å². The molecule has 2 aliphatic heterocycles. The lowest BCUT2D eigenvalue weighted by Gasteiger charge is -2.44. The summed E-state index contributed by atoms with van der Waals surface area (Å²) in [6.45, 7) is 4.71. The summed E-state index contributed by atoms with van der Waals surface area (Å²) in [7, 11) is 0. The molecule has 6 nitrogen and oxygen atoms in total. The number of rotatable bonds is 8. The zero-order valence-electron chi connectivity index (χ0n) is 21.6. The van der Waals surface area contributed by atoms with Crippen LogP contribution in [0.5, 0.6) is 0 Å². The molecule has 0 saturated carbocycles. The smallest absolute Gasteiger partial charge is 0.412 e. The number of benzene rings is 2. The number of anilines is 1. The molecule has 2 amide bonds. The topological polar surface area (TPSA) is 70.7 Å². The van der Waals surface area contributed by atoms with E-state index >= 15 is 0 Å². The highest BCUT2D eigenvalue weighted by molar-refractivity contribution is 7.10. The highest BCUT2D eigenvalue weighted by atomic mass is 35.5. The summed E-state index contributed by atoms with van der Waals surface area (Å²) in [6, 6.07) is 11.8. The van der Waals surface area contributed by atoms with Gasteiger partial charge < -0.3 is 15.0 Å². The van der Waals surface area contributed by atoms with Crippen molar-refractivity contribution in [1.29, 1.82) is 0 Å². The van der Waals surface area contributed by atoms with E-state index in [0.29, 0.717) is 60.2 Å². The van der Waals surface area contributed by atoms with Crippen molar-refractivity contribution in [2.24, 2.45) is 0 Å². The predicted molar refractivity (Wildman–Crippen MR) is 153 cm³/mol. The third kappa shape index (κ3) is 6.40. The Bertz CT molecular complexity index is 1370. The number of hydrogen-bond donors (Lipinski definition) is 2. The maximum atomic E-state index is 14.0. The van der Waals surface area contributed by atoms with Gasteiger partial charge in [0, 0.05) is 36.4 Å². The number of nitrogens with one attached hydrogen (secondary N) is 2. The molecule has 1 atom stereocenters. The van der Waals surface area contributed by atoms with Gasteiger partial charge in [-0.25, -0.2) is 9.18 Å². The number of likely N-dealkylation sites (tertiary alicyclic amines) is 1. The van der Waals surface area contributed by atoms with E-state index in [0.717, 1.165) is 23.4 Å². The van der Waals surface area contributed by atoms with Gasteiger partial charge in [0.05, 0.1) is 28.2 Å². The molecule has 206 valence electrons. The first-order valence-electron chi connectivity index (χ1n) is 13.0. The highest BCUT2D eigenvalue weighted by Gasteiger charge is 2.44. The molecule has 2 aliphatic rings. The lowest BCUT2D eigenvalue weighted by Crippen LogP contribution is -2.48. The molecule has 3 heterocycles. The molecule has 10 heteroatoms. The van der Waals surface area contributed by atoms with Crippen LogP contribution in [0.25, 0.3) is 0 Å². The molecule has 3 aromatic rings. The number of aryl methyl sites for hydroxylation is 1. The number of carbonyl (C=O) groups is 2. The van der Waals surface area contributed by atoms with Gasteiger partial charge >= 0.3 is 6.09 Å². The molecule has 1 aromatic heterocycles. The van der Waals surface area contributed by atoms with Crippen LogP contribution in [0.3, 0.4) is 0 Å². The van der Waals surface area contributed by atoms with E-state index < -0.39 is 11.7 Å². The molecule has 39 heavy (non-hydrogen) atoms. The Balaban J connectivity index is 1.21. The van der Waals surface area contributed by atoms with Crippen LogP contribution in [0.4, 0.5) is 14.9 Å². The molecule has 5 rings (SSSR count). The van der Waals surface area contributed by atoms with Gasteiger partial charge in [0.1, 0.15) is 11.4 Å². The second-order valence-electron chi connectivity index (χ2n) is 10.2. The number of amides is 2. The second-order valence-corrected chi connectivity index (χ2v) is 12.0. The number of hydrogen-bond acceptors (Lipinski definition) is 5. The van der Waals surface area contributed by atoms with Crippen LogP contribution in [0.1, 0.15) is 53.2 Å². The Morgan fingerprint density at radius 2 is 1.97 bits per heavy atom. The van der Waals surface area contributed by atoms with Gasteiger partial charge in [-0.1, -0.05) is 29.3 Å². The fraction of sp³-hybridized carbons (Fsp3) is 0.379. The van der Waals surface area contributed by atoms with Crippen LogP contribution in [0, 0.1) is 12.7 Å². The first-order chi connectivity index (χ1) is 18.7. The van der Waals surface area contributed by atoms with E-state index in [9.17, 15) is 14.0 Å². The van der Waals surface area contributed by atoms with Crippen molar-refractivity contribution < 1.29 is 18.7 Å². The summed E-state index contributed by atoms with van der Waals surface area (Å²) < 4.78 is 19.8. The lowest BCUT2D eigenvalue weighted by atomic mass is 9.82. The molecular formula is C29H30Cl2FN3O3S. The molecule has 0 radical (unpaired) electrons. The van der Waals surface area contributed by atoms with Crippen LogP contribution < -0.4 is 10.6 Å². The molecule has 1 saturated heterocycles. The quantitative estimate of drug-likeness (QED) is 0.290. The molecular weight excluding hydrogens is 560 g/mol. The summed E-state index contributed by atoms with van der Waals surface area (Å²) in [4.78, 5) is 28.9. The van der Waals surface area contributed by atoms with Gasteiger partial charge in [-0.05, 0) is 79.2 Å². The Morgan fingerprint density at radius 3 is 2.69 bits per heavy atom. The summed E-state index contributed by atoms with van der Waals surface area (Å²) >= 11 is 14.0. The molecule has 2 N–H and O–H groups in total. The summed E-state index contributed by atoms with van der Waals surface area (Å²) in [5.74, 6) is -0.759. The average molecular weight is 591 g/mol. The molecule has 0 aliphatic carbocycles. The number of carbonyl (C=O) groups excluding carboxylic acids is 2. The van der Waals surface area contributed by atoms with E-state index in [4.69, 9.17) is 27.9 Å². The van der Waals surface area contributed by atoms with Crippen molar-refractivity contribution in [3.63, 3.8) is 0 Å². The largest absolute Gasteiger partial charge is 0.438 e. The van der Waals surface area contributed by atoms with Crippen molar-refractivity contribution >= 4 is 52.2 Å². The Morgan fingerprint density at radius 1 is 1.18 bits per heavy atom. The normalized spacial score (nSPS) is 17.3. The number of halogens is 3. The minimum Gasteiger partial charge on any atom is -0.438 e. The van der Waals surface area contributed by atoms with E-state index in [-0.39, 0.29) is 17.6 Å². The number of fused-ring (bicyclic) bond motifs is 2. The average Bonchev–Trinajstić information content (AvgIpc) is 3.33. The van der Waals surface area contributed by atoms with Crippen LogP contribution >= 0.6 is 34.5 Å². The summed E-state index contributed by atoms with van der Waals surface area (Å²) in [6.07, 6.45) is 2.08. The Hall–Kier alpha value is -2.65. The third-order valence-electron chi connectivity index (χ3n) is 7.51. The van der Waals surface area contributed by atoms with E-state index in [2.05, 4.69) is 27.0 Å². The van der Waals surface area contributed by atoms with Crippen molar-refractivity contribution in [2.75, 3.05) is 25.0 Å². The summed E-state index contributed by atoms with van der Waals surface area (Å²) in [5, 5.41) is 8.71. The number of piperidine rings is 1. The fourth-order valence-corrected chi connectivity index (χ4v) is 6.58. The minimum absolute atomic E-state index is 0.0442. The van der Waals surface area contributed by atoms with Crippen molar-refractivity contribution in [1.82, 2.24) is 10.2 Å². The van der Waals surface area contributed by atoms with Crippen LogP contribution in [-0.2, 0) is 21.7 Å². The minimum atomic E-state index is -0.821. The van der Waals surface area contributed by atoms with E-state index in [1.807, 2.05) is 13.0 Å². The number of ether oxygens (including phenoxy) is 1. The maximum absolute atomic E-state index is 14.0. The Kier molecular flexibility index (Phi) is 8.47. The van der Waals surface area contributed by atoms with Gasteiger partial charge in [-0.3, -0.25) is 10.1 Å². The predicted octanol–water partition coefficient (Wildman–Crippen LogP) is 7.24. The van der Waals surface area contributed by atoms with Crippen LogP contribution in [0.2, 0.25) is 10.0 Å². The molecule has 1 fully saturated rings. The highest BCUT2D eigenvalue weighted by Crippen LogP contribution is 2.43. The monoisotopic (exact) mass is 589 g/mol. The van der Waals surface area contributed by atoms with Gasteiger partial charge in [0.2, 0.25) is 5.91 Å². The van der Waals surface area contributed by atoms with Crippen molar-refractivity contribution in [3.05, 3.63) is 85.3 Å². The second kappa shape index (κ2) is 11.8. The van der Waals surface area contributed by atoms with Crippen LogP contribution in [-0.4, -0.2) is 36.5 Å². The van der Waals surface area contributed by atoms with E-state index in [1.54, 1.807) is 29.5 Å². The summed E-state index contributed by atoms with van der Waals surface area (Å²) in [5.41, 5.74) is 2.50. The number of thiophene rings is 1. The first-order valence-corrected chi connectivity index (χ1v) is 14.6. The van der Waals surface area contributed by atoms with Gasteiger partial charge in [0.25, 0.3) is 0 Å². The van der Waals surface area contributed by atoms with Gasteiger partial charge in [0.15, 0.2) is 0 Å².